The van der Waals surface area contributed by atoms with E-state index in [9.17, 15) is 26.4 Å². The topological polar surface area (TPSA) is 72.5 Å². The summed E-state index contributed by atoms with van der Waals surface area (Å²) in [5.41, 5.74) is -5.61. The molecule has 1 aromatic carbocycles. The average molecular weight is 283 g/mol. The number of nitrogens with one attached hydrogen (secondary N) is 1. The molecule has 18 heavy (non-hydrogen) atoms. The van der Waals surface area contributed by atoms with Gasteiger partial charge in [-0.2, -0.15) is 21.6 Å². The predicted molar refractivity (Wildman–Crippen MR) is 56.4 cm³/mol. The van der Waals surface area contributed by atoms with Crippen molar-refractivity contribution in [2.45, 2.75) is 5.51 Å². The van der Waals surface area contributed by atoms with Crippen LogP contribution in [-0.4, -0.2) is 27.0 Å². The molecule has 5 nitrogen and oxygen atoms in total. The Morgan fingerprint density at radius 1 is 1.22 bits per heavy atom. The van der Waals surface area contributed by atoms with Gasteiger partial charge in [0.05, 0.1) is 12.7 Å². The van der Waals surface area contributed by atoms with E-state index < -0.39 is 21.5 Å². The molecule has 0 aromatic heterocycles. The second-order valence-corrected chi connectivity index (χ2v) is 4.79. The molecule has 1 N–H and O–H groups in total. The molecule has 0 aliphatic carbocycles. The van der Waals surface area contributed by atoms with Crippen molar-refractivity contribution in [2.75, 3.05) is 11.8 Å². The van der Waals surface area contributed by atoms with E-state index in [4.69, 9.17) is 0 Å². The van der Waals surface area contributed by atoms with Gasteiger partial charge in [-0.3, -0.25) is 4.72 Å². The zero-order valence-corrected chi connectivity index (χ0v) is 9.80. The van der Waals surface area contributed by atoms with E-state index in [0.717, 1.165) is 31.4 Å². The quantitative estimate of drug-likeness (QED) is 0.857. The maximum atomic E-state index is 12.1. The summed E-state index contributed by atoms with van der Waals surface area (Å²) in [6, 6.07) is 4.32. The van der Waals surface area contributed by atoms with Crippen LogP contribution in [-0.2, 0) is 14.8 Å². The van der Waals surface area contributed by atoms with Crippen molar-refractivity contribution >= 4 is 21.7 Å². The van der Waals surface area contributed by atoms with Gasteiger partial charge in [0.25, 0.3) is 0 Å². The van der Waals surface area contributed by atoms with Crippen LogP contribution in [0.5, 0.6) is 0 Å². The van der Waals surface area contributed by atoms with Gasteiger partial charge in [0.15, 0.2) is 0 Å². The summed E-state index contributed by atoms with van der Waals surface area (Å²) in [5.74, 6) is -0.680. The molecule has 0 fully saturated rings. The van der Waals surface area contributed by atoms with Crippen molar-refractivity contribution in [3.63, 3.8) is 0 Å². The number of esters is 1. The van der Waals surface area contributed by atoms with Crippen molar-refractivity contribution < 1.29 is 31.1 Å². The van der Waals surface area contributed by atoms with E-state index in [1.165, 1.54) is 4.72 Å². The van der Waals surface area contributed by atoms with E-state index in [2.05, 4.69) is 4.74 Å². The van der Waals surface area contributed by atoms with Crippen LogP contribution in [0, 0.1) is 0 Å². The van der Waals surface area contributed by atoms with Gasteiger partial charge >= 0.3 is 21.5 Å². The highest BCUT2D eigenvalue weighted by Gasteiger charge is 2.45. The van der Waals surface area contributed by atoms with Crippen molar-refractivity contribution in [1.82, 2.24) is 0 Å². The van der Waals surface area contributed by atoms with E-state index in [1.807, 2.05) is 0 Å². The number of benzene rings is 1. The first-order valence-corrected chi connectivity index (χ1v) is 5.93. The van der Waals surface area contributed by atoms with Gasteiger partial charge in [-0.05, 0) is 24.3 Å². The van der Waals surface area contributed by atoms with Crippen LogP contribution in [0.15, 0.2) is 24.3 Å². The fourth-order valence-electron chi connectivity index (χ4n) is 1.01. The fourth-order valence-corrected chi connectivity index (χ4v) is 1.57. The largest absolute Gasteiger partial charge is 0.516 e. The monoisotopic (exact) mass is 283 g/mol. The molecule has 0 saturated heterocycles. The first-order chi connectivity index (χ1) is 8.17. The fraction of sp³-hybridized carbons (Fsp3) is 0.222. The molecule has 1 rings (SSSR count). The number of methoxy groups -OCH3 is 1. The molecule has 100 valence electrons. The van der Waals surface area contributed by atoms with Gasteiger partial charge in [0.1, 0.15) is 0 Å². The molecule has 0 radical (unpaired) electrons. The number of carbonyl (C=O) groups excluding carboxylic acids is 1. The molecule has 0 bridgehead atoms. The number of hydrogen-bond donors (Lipinski definition) is 1. The number of hydrogen-bond acceptors (Lipinski definition) is 4. The Kier molecular flexibility index (Phi) is 3.85. The standard InChI is InChI=1S/C9H8F3NO4S/c1-17-8(14)6-2-4-7(5-3-6)13-18(15,16)9(10,11)12/h2-5,13H,1H3. The lowest BCUT2D eigenvalue weighted by Crippen LogP contribution is -2.29. The number of halogens is 3. The van der Waals surface area contributed by atoms with Crippen LogP contribution < -0.4 is 4.72 Å². The maximum absolute atomic E-state index is 12.1. The highest BCUT2D eigenvalue weighted by Crippen LogP contribution is 2.25. The van der Waals surface area contributed by atoms with Gasteiger partial charge in [0, 0.05) is 5.69 Å². The van der Waals surface area contributed by atoms with Crippen LogP contribution >= 0.6 is 0 Å². The molecule has 0 spiro atoms. The minimum absolute atomic E-state index is 0.0902. The van der Waals surface area contributed by atoms with Crippen LogP contribution in [0.2, 0.25) is 0 Å². The van der Waals surface area contributed by atoms with Crippen molar-refractivity contribution in [3.8, 4) is 0 Å². The zero-order valence-electron chi connectivity index (χ0n) is 8.98. The molecular weight excluding hydrogens is 275 g/mol. The third kappa shape index (κ3) is 3.13. The number of alkyl halides is 3. The lowest BCUT2D eigenvalue weighted by atomic mass is 10.2. The Balaban J connectivity index is 2.92. The number of sulfonamides is 1. The first-order valence-electron chi connectivity index (χ1n) is 4.45. The summed E-state index contributed by atoms with van der Waals surface area (Å²) in [4.78, 5) is 11.0. The van der Waals surface area contributed by atoms with E-state index in [-0.39, 0.29) is 11.3 Å². The third-order valence-electron chi connectivity index (χ3n) is 1.86. The number of rotatable bonds is 3. The Labute approximate surface area is 101 Å². The second kappa shape index (κ2) is 4.84. The smallest absolute Gasteiger partial charge is 0.465 e. The molecule has 0 unspecified atom stereocenters. The Morgan fingerprint density at radius 2 is 1.72 bits per heavy atom. The van der Waals surface area contributed by atoms with Crippen LogP contribution in [0.3, 0.4) is 0 Å². The minimum atomic E-state index is -5.46. The van der Waals surface area contributed by atoms with E-state index >= 15 is 0 Å². The molecule has 0 atom stereocenters. The Morgan fingerprint density at radius 3 is 2.11 bits per heavy atom. The van der Waals surface area contributed by atoms with Gasteiger partial charge in [-0.25, -0.2) is 4.79 Å². The summed E-state index contributed by atoms with van der Waals surface area (Å²) in [6.07, 6.45) is 0. The number of ether oxygens (including phenoxy) is 1. The van der Waals surface area contributed by atoms with Crippen molar-refractivity contribution in [2.24, 2.45) is 0 Å². The average Bonchev–Trinajstić information content (AvgIpc) is 2.27. The molecule has 9 heteroatoms. The normalized spacial score (nSPS) is 12.0. The summed E-state index contributed by atoms with van der Waals surface area (Å²) >= 11 is 0. The maximum Gasteiger partial charge on any atom is 0.516 e. The van der Waals surface area contributed by atoms with Gasteiger partial charge in [-0.15, -0.1) is 0 Å². The Hall–Kier alpha value is -1.77. The minimum Gasteiger partial charge on any atom is -0.465 e. The summed E-state index contributed by atoms with van der Waals surface area (Å²) in [6.45, 7) is 0. The first kappa shape index (κ1) is 14.3. The summed E-state index contributed by atoms with van der Waals surface area (Å²) in [5, 5.41) is 0. The molecule has 0 amide bonds. The van der Waals surface area contributed by atoms with E-state index in [0.29, 0.717) is 0 Å². The van der Waals surface area contributed by atoms with Crippen LogP contribution in [0.25, 0.3) is 0 Å². The van der Waals surface area contributed by atoms with Gasteiger partial charge in [-0.1, -0.05) is 0 Å². The van der Waals surface area contributed by atoms with E-state index in [1.54, 1.807) is 0 Å². The Bertz CT molecular complexity index is 536. The lowest BCUT2D eigenvalue weighted by molar-refractivity contribution is -0.0429. The SMILES string of the molecule is COC(=O)c1ccc(NS(=O)(=O)C(F)(F)F)cc1. The molecular formula is C9H8F3NO4S. The zero-order chi connectivity index (χ0) is 14.0. The highest BCUT2D eigenvalue weighted by atomic mass is 32.2. The van der Waals surface area contributed by atoms with Gasteiger partial charge < -0.3 is 4.74 Å². The molecule has 0 aliphatic rings. The predicted octanol–water partition coefficient (Wildman–Crippen LogP) is 1.73. The number of carbonyl (C=O) groups is 1. The summed E-state index contributed by atoms with van der Waals surface area (Å²) < 4.78 is 63.4. The van der Waals surface area contributed by atoms with Crippen molar-refractivity contribution in [1.29, 1.82) is 0 Å². The lowest BCUT2D eigenvalue weighted by Gasteiger charge is -2.10. The molecule has 0 aliphatic heterocycles. The third-order valence-corrected chi connectivity index (χ3v) is 2.98. The van der Waals surface area contributed by atoms with Crippen LogP contribution in [0.4, 0.5) is 18.9 Å². The molecule has 1 aromatic rings. The summed E-state index contributed by atoms with van der Waals surface area (Å²) in [7, 11) is -4.31. The number of anilines is 1. The van der Waals surface area contributed by atoms with Crippen molar-refractivity contribution in [3.05, 3.63) is 29.8 Å². The van der Waals surface area contributed by atoms with Crippen LogP contribution in [0.1, 0.15) is 10.4 Å². The highest BCUT2D eigenvalue weighted by molar-refractivity contribution is 7.93. The molecule has 0 saturated carbocycles. The molecule has 0 heterocycles. The second-order valence-electron chi connectivity index (χ2n) is 3.12. The van der Waals surface area contributed by atoms with Gasteiger partial charge in [0.2, 0.25) is 0 Å².